The number of ether oxygens (including phenoxy) is 1. The number of rotatable bonds is 2. The summed E-state index contributed by atoms with van der Waals surface area (Å²) in [7, 11) is 0. The van der Waals surface area contributed by atoms with Crippen LogP contribution in [0.2, 0.25) is 0 Å². The molecule has 0 fully saturated rings. The molecule has 2 rings (SSSR count). The van der Waals surface area contributed by atoms with E-state index in [1.165, 1.54) is 0 Å². The molecule has 0 aromatic heterocycles. The first-order valence-corrected chi connectivity index (χ1v) is 4.95. The van der Waals surface area contributed by atoms with Crippen molar-refractivity contribution in [2.24, 2.45) is 0 Å². The molecule has 0 bridgehead atoms. The van der Waals surface area contributed by atoms with Crippen LogP contribution in [0.1, 0.15) is 15.9 Å². The molecule has 0 spiro atoms. The summed E-state index contributed by atoms with van der Waals surface area (Å²) in [5.41, 5.74) is 1.30. The predicted molar refractivity (Wildman–Crippen MR) is 62.3 cm³/mol. The van der Waals surface area contributed by atoms with Gasteiger partial charge in [-0.2, -0.15) is 0 Å². The Labute approximate surface area is 94.5 Å². The molecule has 1 radical (unpaired) electrons. The SMILES string of the molecule is [CH2]c1cccc(C(=O)Oc2ccccc2)c1. The molecule has 0 N–H and O–H groups in total. The summed E-state index contributed by atoms with van der Waals surface area (Å²) in [5, 5.41) is 0. The van der Waals surface area contributed by atoms with Crippen LogP contribution < -0.4 is 4.74 Å². The molecule has 0 amide bonds. The summed E-state index contributed by atoms with van der Waals surface area (Å²) < 4.78 is 5.19. The third-order valence-electron chi connectivity index (χ3n) is 2.12. The van der Waals surface area contributed by atoms with E-state index in [0.717, 1.165) is 5.56 Å². The number of carbonyl (C=O) groups excluding carboxylic acids is 1. The van der Waals surface area contributed by atoms with Gasteiger partial charge in [-0.15, -0.1) is 0 Å². The number of para-hydroxylation sites is 1. The lowest BCUT2D eigenvalue weighted by molar-refractivity contribution is 0.0734. The largest absolute Gasteiger partial charge is 0.423 e. The molecule has 0 aliphatic rings. The smallest absolute Gasteiger partial charge is 0.343 e. The maximum absolute atomic E-state index is 11.7. The molecule has 2 heteroatoms. The quantitative estimate of drug-likeness (QED) is 0.563. The van der Waals surface area contributed by atoms with Crippen LogP contribution in [0.5, 0.6) is 5.75 Å². The van der Waals surface area contributed by atoms with Crippen molar-refractivity contribution < 1.29 is 9.53 Å². The molecule has 16 heavy (non-hydrogen) atoms. The molecule has 0 heterocycles. The number of benzene rings is 2. The Balaban J connectivity index is 2.15. The van der Waals surface area contributed by atoms with Gasteiger partial charge in [-0.1, -0.05) is 30.3 Å². The highest BCUT2D eigenvalue weighted by molar-refractivity contribution is 5.91. The van der Waals surface area contributed by atoms with Crippen LogP contribution in [-0.4, -0.2) is 5.97 Å². The summed E-state index contributed by atoms with van der Waals surface area (Å²) >= 11 is 0. The third-order valence-corrected chi connectivity index (χ3v) is 2.12. The second kappa shape index (κ2) is 4.62. The van der Waals surface area contributed by atoms with Crippen LogP contribution in [0.3, 0.4) is 0 Å². The van der Waals surface area contributed by atoms with Gasteiger partial charge in [0.25, 0.3) is 0 Å². The number of esters is 1. The van der Waals surface area contributed by atoms with Crippen LogP contribution in [0.4, 0.5) is 0 Å². The van der Waals surface area contributed by atoms with E-state index in [1.807, 2.05) is 24.3 Å². The molecule has 0 unspecified atom stereocenters. The molecule has 0 aliphatic heterocycles. The van der Waals surface area contributed by atoms with Gasteiger partial charge in [-0.3, -0.25) is 0 Å². The fourth-order valence-corrected chi connectivity index (χ4v) is 1.35. The lowest BCUT2D eigenvalue weighted by atomic mass is 10.1. The van der Waals surface area contributed by atoms with Crippen LogP contribution in [0.25, 0.3) is 0 Å². The Morgan fingerprint density at radius 2 is 1.75 bits per heavy atom. The Bertz CT molecular complexity index is 489. The highest BCUT2D eigenvalue weighted by atomic mass is 16.5. The minimum absolute atomic E-state index is 0.364. The highest BCUT2D eigenvalue weighted by Crippen LogP contribution is 2.12. The number of hydrogen-bond donors (Lipinski definition) is 0. The molecule has 2 aromatic carbocycles. The van der Waals surface area contributed by atoms with E-state index in [9.17, 15) is 4.79 Å². The van der Waals surface area contributed by atoms with E-state index in [1.54, 1.807) is 30.3 Å². The van der Waals surface area contributed by atoms with Gasteiger partial charge in [0.05, 0.1) is 5.56 Å². The summed E-state index contributed by atoms with van der Waals surface area (Å²) in [6.07, 6.45) is 0. The fraction of sp³-hybridized carbons (Fsp3) is 0. The van der Waals surface area contributed by atoms with E-state index in [-0.39, 0.29) is 5.97 Å². The van der Waals surface area contributed by atoms with Crippen LogP contribution in [0, 0.1) is 6.92 Å². The zero-order chi connectivity index (χ0) is 11.4. The summed E-state index contributed by atoms with van der Waals surface area (Å²) in [6, 6.07) is 16.0. The Morgan fingerprint density at radius 3 is 2.44 bits per heavy atom. The summed E-state index contributed by atoms with van der Waals surface area (Å²) in [6.45, 7) is 3.76. The van der Waals surface area contributed by atoms with Crippen LogP contribution in [-0.2, 0) is 0 Å². The van der Waals surface area contributed by atoms with E-state index in [4.69, 9.17) is 4.74 Å². The standard InChI is InChI=1S/C14H11O2/c1-11-6-5-7-12(10-11)14(15)16-13-8-3-2-4-9-13/h2-10H,1H2. The second-order valence-corrected chi connectivity index (χ2v) is 3.40. The van der Waals surface area contributed by atoms with Crippen LogP contribution >= 0.6 is 0 Å². The average Bonchev–Trinajstić information content (AvgIpc) is 2.30. The second-order valence-electron chi connectivity index (χ2n) is 3.40. The normalized spacial score (nSPS) is 9.81. The lowest BCUT2D eigenvalue weighted by Crippen LogP contribution is -2.08. The predicted octanol–water partition coefficient (Wildman–Crippen LogP) is 3.09. The van der Waals surface area contributed by atoms with Gasteiger partial charge >= 0.3 is 5.97 Å². The van der Waals surface area contributed by atoms with Gasteiger partial charge in [0, 0.05) is 0 Å². The van der Waals surface area contributed by atoms with Crippen molar-refractivity contribution >= 4 is 5.97 Å². The lowest BCUT2D eigenvalue weighted by Gasteiger charge is -2.04. The van der Waals surface area contributed by atoms with Gasteiger partial charge in [0.2, 0.25) is 0 Å². The van der Waals surface area contributed by atoms with Gasteiger partial charge < -0.3 is 4.74 Å². The fourth-order valence-electron chi connectivity index (χ4n) is 1.35. The summed E-state index contributed by atoms with van der Waals surface area (Å²) in [4.78, 5) is 11.7. The van der Waals surface area contributed by atoms with Crippen molar-refractivity contribution in [3.8, 4) is 5.75 Å². The maximum Gasteiger partial charge on any atom is 0.343 e. The van der Waals surface area contributed by atoms with Gasteiger partial charge in [-0.25, -0.2) is 4.79 Å². The molecule has 2 nitrogen and oxygen atoms in total. The first-order valence-electron chi connectivity index (χ1n) is 4.95. The first kappa shape index (κ1) is 10.4. The number of carbonyl (C=O) groups is 1. The van der Waals surface area contributed by atoms with Crippen molar-refractivity contribution in [1.29, 1.82) is 0 Å². The van der Waals surface area contributed by atoms with E-state index >= 15 is 0 Å². The molecular formula is C14H11O2. The maximum atomic E-state index is 11.7. The third kappa shape index (κ3) is 2.48. The Kier molecular flexibility index (Phi) is 3.01. The van der Waals surface area contributed by atoms with E-state index in [0.29, 0.717) is 11.3 Å². The van der Waals surface area contributed by atoms with Gasteiger partial charge in [0.15, 0.2) is 0 Å². The monoisotopic (exact) mass is 211 g/mol. The molecule has 79 valence electrons. The summed E-state index contributed by atoms with van der Waals surface area (Å²) in [5.74, 6) is 0.179. The van der Waals surface area contributed by atoms with Crippen molar-refractivity contribution in [2.75, 3.05) is 0 Å². The van der Waals surface area contributed by atoms with Gasteiger partial charge in [-0.05, 0) is 36.8 Å². The zero-order valence-corrected chi connectivity index (χ0v) is 8.72. The highest BCUT2D eigenvalue weighted by Gasteiger charge is 2.07. The van der Waals surface area contributed by atoms with Crippen molar-refractivity contribution in [3.05, 3.63) is 72.6 Å². The molecule has 0 atom stereocenters. The van der Waals surface area contributed by atoms with E-state index < -0.39 is 0 Å². The Morgan fingerprint density at radius 1 is 1.00 bits per heavy atom. The van der Waals surface area contributed by atoms with Crippen molar-refractivity contribution in [3.63, 3.8) is 0 Å². The molecule has 0 saturated heterocycles. The first-order chi connectivity index (χ1) is 7.75. The average molecular weight is 211 g/mol. The zero-order valence-electron chi connectivity index (χ0n) is 8.72. The van der Waals surface area contributed by atoms with Crippen molar-refractivity contribution in [2.45, 2.75) is 0 Å². The van der Waals surface area contributed by atoms with Crippen molar-refractivity contribution in [1.82, 2.24) is 0 Å². The molecule has 0 saturated carbocycles. The molecule has 0 aliphatic carbocycles. The van der Waals surface area contributed by atoms with E-state index in [2.05, 4.69) is 6.92 Å². The van der Waals surface area contributed by atoms with Gasteiger partial charge in [0.1, 0.15) is 5.75 Å². The minimum atomic E-state index is -0.364. The van der Waals surface area contributed by atoms with Crippen LogP contribution in [0.15, 0.2) is 54.6 Å². The topological polar surface area (TPSA) is 26.3 Å². The number of hydrogen-bond acceptors (Lipinski definition) is 2. The minimum Gasteiger partial charge on any atom is -0.423 e. The molecular weight excluding hydrogens is 200 g/mol. The molecule has 2 aromatic rings. The Hall–Kier alpha value is -2.09.